The molecule has 1 aliphatic rings. The zero-order valence-electron chi connectivity index (χ0n) is 9.75. The quantitative estimate of drug-likeness (QED) is 0.851. The summed E-state index contributed by atoms with van der Waals surface area (Å²) in [5, 5.41) is 0. The highest BCUT2D eigenvalue weighted by Gasteiger charge is 2.18. The molecule has 2 nitrogen and oxygen atoms in total. The van der Waals surface area contributed by atoms with Crippen LogP contribution in [0.3, 0.4) is 0 Å². The summed E-state index contributed by atoms with van der Waals surface area (Å²) >= 11 is 0. The van der Waals surface area contributed by atoms with Gasteiger partial charge in [-0.05, 0) is 43.0 Å². The molecule has 0 bridgehead atoms. The molecule has 0 radical (unpaired) electrons. The number of rotatable bonds is 3. The van der Waals surface area contributed by atoms with Gasteiger partial charge in [0.25, 0.3) is 0 Å². The Morgan fingerprint density at radius 3 is 2.69 bits per heavy atom. The van der Waals surface area contributed by atoms with E-state index in [1.165, 1.54) is 24.5 Å². The highest BCUT2D eigenvalue weighted by Crippen LogP contribution is 2.30. The fraction of sp³-hybridized carbons (Fsp3) is 0.538. The molecule has 88 valence electrons. The van der Waals surface area contributed by atoms with Gasteiger partial charge in [0.2, 0.25) is 0 Å². The zero-order chi connectivity index (χ0) is 11.5. The minimum absolute atomic E-state index is 0.158. The molecule has 2 N–H and O–H groups in total. The lowest BCUT2D eigenvalue weighted by molar-refractivity contribution is 0.624. The summed E-state index contributed by atoms with van der Waals surface area (Å²) in [4.78, 5) is 2.27. The van der Waals surface area contributed by atoms with Gasteiger partial charge in [-0.3, -0.25) is 0 Å². The van der Waals surface area contributed by atoms with Crippen molar-refractivity contribution >= 4 is 5.69 Å². The molecule has 1 fully saturated rings. The van der Waals surface area contributed by atoms with Crippen LogP contribution in [0, 0.1) is 5.82 Å². The first-order valence-corrected chi connectivity index (χ1v) is 5.97. The Morgan fingerprint density at radius 1 is 1.38 bits per heavy atom. The van der Waals surface area contributed by atoms with Crippen molar-refractivity contribution in [1.29, 1.82) is 0 Å². The second-order valence-electron chi connectivity index (χ2n) is 4.53. The van der Waals surface area contributed by atoms with Crippen LogP contribution in [-0.4, -0.2) is 19.6 Å². The SMILES string of the molecule is CC(CN)c1ccc(F)cc1N1CCCC1. The Labute approximate surface area is 96.2 Å². The van der Waals surface area contributed by atoms with Crippen LogP contribution in [0.15, 0.2) is 18.2 Å². The Hall–Kier alpha value is -1.09. The lowest BCUT2D eigenvalue weighted by Gasteiger charge is -2.24. The van der Waals surface area contributed by atoms with Gasteiger partial charge in [0.15, 0.2) is 0 Å². The Bertz CT molecular complexity index is 359. The number of anilines is 1. The van der Waals surface area contributed by atoms with Crippen molar-refractivity contribution in [1.82, 2.24) is 0 Å². The fourth-order valence-corrected chi connectivity index (χ4v) is 2.29. The van der Waals surface area contributed by atoms with Crippen LogP contribution in [0.25, 0.3) is 0 Å². The van der Waals surface area contributed by atoms with Gasteiger partial charge in [-0.1, -0.05) is 13.0 Å². The summed E-state index contributed by atoms with van der Waals surface area (Å²) in [7, 11) is 0. The van der Waals surface area contributed by atoms with Crippen molar-refractivity contribution in [2.45, 2.75) is 25.7 Å². The Morgan fingerprint density at radius 2 is 2.06 bits per heavy atom. The topological polar surface area (TPSA) is 29.3 Å². The molecule has 1 aromatic carbocycles. The summed E-state index contributed by atoms with van der Waals surface area (Å²) < 4.78 is 13.3. The maximum atomic E-state index is 13.3. The monoisotopic (exact) mass is 222 g/mol. The lowest BCUT2D eigenvalue weighted by Crippen LogP contribution is -2.21. The normalized spacial score (nSPS) is 17.8. The third-order valence-electron chi connectivity index (χ3n) is 3.32. The first-order chi connectivity index (χ1) is 7.72. The van der Waals surface area contributed by atoms with Crippen molar-refractivity contribution in [3.05, 3.63) is 29.6 Å². The lowest BCUT2D eigenvalue weighted by atomic mass is 9.98. The van der Waals surface area contributed by atoms with E-state index in [0.717, 1.165) is 18.8 Å². The van der Waals surface area contributed by atoms with E-state index in [4.69, 9.17) is 5.73 Å². The van der Waals surface area contributed by atoms with Crippen LogP contribution in [0.2, 0.25) is 0 Å². The molecule has 0 saturated carbocycles. The summed E-state index contributed by atoms with van der Waals surface area (Å²) in [5.74, 6) is 0.131. The van der Waals surface area contributed by atoms with Crippen LogP contribution in [0.5, 0.6) is 0 Å². The summed E-state index contributed by atoms with van der Waals surface area (Å²) in [6.07, 6.45) is 2.40. The molecule has 0 amide bonds. The smallest absolute Gasteiger partial charge is 0.125 e. The molecule has 2 rings (SSSR count). The van der Waals surface area contributed by atoms with Gasteiger partial charge >= 0.3 is 0 Å². The van der Waals surface area contributed by atoms with Gasteiger partial charge in [0.1, 0.15) is 5.82 Å². The largest absolute Gasteiger partial charge is 0.371 e. The molecular formula is C13H19FN2. The fourth-order valence-electron chi connectivity index (χ4n) is 2.29. The van der Waals surface area contributed by atoms with Gasteiger partial charge in [0.05, 0.1) is 0 Å². The van der Waals surface area contributed by atoms with Crippen molar-refractivity contribution in [3.63, 3.8) is 0 Å². The third kappa shape index (κ3) is 2.19. The molecule has 3 heteroatoms. The van der Waals surface area contributed by atoms with Gasteiger partial charge in [-0.25, -0.2) is 4.39 Å². The number of nitrogens with zero attached hydrogens (tertiary/aromatic N) is 1. The highest BCUT2D eigenvalue weighted by atomic mass is 19.1. The van der Waals surface area contributed by atoms with Gasteiger partial charge in [-0.2, -0.15) is 0 Å². The predicted octanol–water partition coefficient (Wildman–Crippen LogP) is 2.49. The molecule has 1 atom stereocenters. The van der Waals surface area contributed by atoms with E-state index in [0.29, 0.717) is 6.54 Å². The van der Waals surface area contributed by atoms with E-state index >= 15 is 0 Å². The maximum absolute atomic E-state index is 13.3. The number of hydrogen-bond acceptors (Lipinski definition) is 2. The average Bonchev–Trinajstić information content (AvgIpc) is 2.81. The van der Waals surface area contributed by atoms with Crippen LogP contribution in [0.1, 0.15) is 31.2 Å². The molecular weight excluding hydrogens is 203 g/mol. The highest BCUT2D eigenvalue weighted by molar-refractivity contribution is 5.56. The molecule has 0 spiro atoms. The van der Waals surface area contributed by atoms with Crippen LogP contribution in [0.4, 0.5) is 10.1 Å². The first kappa shape index (κ1) is 11.4. The van der Waals surface area contributed by atoms with Gasteiger partial charge in [-0.15, -0.1) is 0 Å². The van der Waals surface area contributed by atoms with E-state index < -0.39 is 0 Å². The molecule has 0 aliphatic carbocycles. The standard InChI is InChI=1S/C13H19FN2/c1-10(9-15)12-5-4-11(14)8-13(12)16-6-2-3-7-16/h4-5,8,10H,2-3,6-7,9,15H2,1H3. The van der Waals surface area contributed by atoms with E-state index in [9.17, 15) is 4.39 Å². The molecule has 16 heavy (non-hydrogen) atoms. The van der Waals surface area contributed by atoms with Crippen molar-refractivity contribution in [2.24, 2.45) is 5.73 Å². The first-order valence-electron chi connectivity index (χ1n) is 5.97. The molecule has 1 heterocycles. The number of halogens is 1. The zero-order valence-corrected chi connectivity index (χ0v) is 9.75. The summed E-state index contributed by atoms with van der Waals surface area (Å²) in [5.41, 5.74) is 7.91. The second kappa shape index (κ2) is 4.83. The number of benzene rings is 1. The number of hydrogen-bond donors (Lipinski definition) is 1. The van der Waals surface area contributed by atoms with E-state index in [1.54, 1.807) is 6.07 Å². The third-order valence-corrected chi connectivity index (χ3v) is 3.32. The van der Waals surface area contributed by atoms with Crippen molar-refractivity contribution < 1.29 is 4.39 Å². The summed E-state index contributed by atoms with van der Waals surface area (Å²) in [6.45, 7) is 4.76. The van der Waals surface area contributed by atoms with Crippen LogP contribution < -0.4 is 10.6 Å². The molecule has 0 aromatic heterocycles. The molecule has 1 saturated heterocycles. The van der Waals surface area contributed by atoms with Crippen LogP contribution >= 0.6 is 0 Å². The van der Waals surface area contributed by atoms with E-state index in [2.05, 4.69) is 11.8 Å². The summed E-state index contributed by atoms with van der Waals surface area (Å²) in [6, 6.07) is 5.05. The van der Waals surface area contributed by atoms with Crippen LogP contribution in [-0.2, 0) is 0 Å². The van der Waals surface area contributed by atoms with Gasteiger partial charge in [0, 0.05) is 18.8 Å². The molecule has 1 unspecified atom stereocenters. The minimum Gasteiger partial charge on any atom is -0.371 e. The van der Waals surface area contributed by atoms with E-state index in [1.807, 2.05) is 6.07 Å². The van der Waals surface area contributed by atoms with Gasteiger partial charge < -0.3 is 10.6 Å². The predicted molar refractivity (Wildman–Crippen MR) is 65.3 cm³/mol. The molecule has 1 aliphatic heterocycles. The maximum Gasteiger partial charge on any atom is 0.125 e. The van der Waals surface area contributed by atoms with Crippen molar-refractivity contribution in [2.75, 3.05) is 24.5 Å². The van der Waals surface area contributed by atoms with Crippen molar-refractivity contribution in [3.8, 4) is 0 Å². The Balaban J connectivity index is 2.35. The Kier molecular flexibility index (Phi) is 3.44. The van der Waals surface area contributed by atoms with E-state index in [-0.39, 0.29) is 11.7 Å². The average molecular weight is 222 g/mol. The second-order valence-corrected chi connectivity index (χ2v) is 4.53. The minimum atomic E-state index is -0.158. The number of nitrogens with two attached hydrogens (primary N) is 1. The molecule has 1 aromatic rings.